The molecular formula is C31H35N3O3. The van der Waals surface area contributed by atoms with Crippen LogP contribution in [0.1, 0.15) is 43.0 Å². The molecule has 0 radical (unpaired) electrons. The van der Waals surface area contributed by atoms with Crippen molar-refractivity contribution in [2.45, 2.75) is 56.8 Å². The number of pyridine rings is 1. The normalized spacial score (nSPS) is 25.2. The number of aliphatic hydroxyl groups excluding tert-OH is 1. The number of hydrogen-bond acceptors (Lipinski definition) is 4. The van der Waals surface area contributed by atoms with E-state index < -0.39 is 0 Å². The molecule has 1 saturated carbocycles. The fraction of sp³-hybridized carbons (Fsp3) is 0.419. The van der Waals surface area contributed by atoms with Crippen molar-refractivity contribution in [2.24, 2.45) is 11.8 Å². The summed E-state index contributed by atoms with van der Waals surface area (Å²) in [4.78, 5) is 29.9. The molecule has 3 aromatic rings. The Morgan fingerprint density at radius 1 is 0.946 bits per heavy atom. The molecule has 2 aliphatic heterocycles. The van der Waals surface area contributed by atoms with Crippen LogP contribution in [0.4, 0.5) is 0 Å². The van der Waals surface area contributed by atoms with E-state index in [9.17, 15) is 14.7 Å². The average Bonchev–Trinajstić information content (AvgIpc) is 3.52. The maximum absolute atomic E-state index is 13.8. The third-order valence-electron chi connectivity index (χ3n) is 8.76. The molecule has 37 heavy (non-hydrogen) atoms. The Kier molecular flexibility index (Phi) is 6.70. The number of fused-ring (bicyclic) bond motifs is 4. The summed E-state index contributed by atoms with van der Waals surface area (Å²) in [7, 11) is 0. The van der Waals surface area contributed by atoms with E-state index in [2.05, 4.69) is 34.5 Å². The quantitative estimate of drug-likeness (QED) is 0.521. The molecule has 2 N–H and O–H groups in total. The third-order valence-corrected chi connectivity index (χ3v) is 8.76. The first-order chi connectivity index (χ1) is 18.2. The molecule has 0 spiro atoms. The highest BCUT2D eigenvalue weighted by molar-refractivity contribution is 5.81. The number of hydrogen-bond donors (Lipinski definition) is 2. The number of carbonyl (C=O) groups is 1. The molecule has 1 aromatic heterocycles. The molecule has 1 saturated heterocycles. The molecular weight excluding hydrogens is 462 g/mol. The van der Waals surface area contributed by atoms with Crippen molar-refractivity contribution < 1.29 is 9.90 Å². The number of rotatable bonds is 7. The second-order valence-electron chi connectivity index (χ2n) is 10.8. The monoisotopic (exact) mass is 497 g/mol. The van der Waals surface area contributed by atoms with Gasteiger partial charge in [0.05, 0.1) is 12.0 Å². The summed E-state index contributed by atoms with van der Waals surface area (Å²) in [5, 5.41) is 13.9. The van der Waals surface area contributed by atoms with Gasteiger partial charge in [-0.25, -0.2) is 0 Å². The van der Waals surface area contributed by atoms with Gasteiger partial charge in [0.1, 0.15) is 0 Å². The molecule has 3 aliphatic rings. The lowest BCUT2D eigenvalue weighted by Gasteiger charge is -2.38. The van der Waals surface area contributed by atoms with Gasteiger partial charge in [0.2, 0.25) is 5.91 Å². The van der Waals surface area contributed by atoms with E-state index in [1.807, 2.05) is 53.1 Å². The first-order valence-electron chi connectivity index (χ1n) is 13.7. The zero-order chi connectivity index (χ0) is 25.4. The Labute approximate surface area is 217 Å². The van der Waals surface area contributed by atoms with E-state index in [1.165, 1.54) is 5.56 Å². The smallest absolute Gasteiger partial charge is 0.258 e. The van der Waals surface area contributed by atoms with E-state index in [4.69, 9.17) is 0 Å². The number of benzene rings is 2. The summed E-state index contributed by atoms with van der Waals surface area (Å²) in [6.45, 7) is 1.19. The Bertz CT molecular complexity index is 1300. The third kappa shape index (κ3) is 4.42. The lowest BCUT2D eigenvalue weighted by atomic mass is 9.86. The number of amides is 1. The summed E-state index contributed by atoms with van der Waals surface area (Å²) >= 11 is 0. The van der Waals surface area contributed by atoms with Crippen LogP contribution in [-0.4, -0.2) is 45.7 Å². The van der Waals surface area contributed by atoms with Gasteiger partial charge in [-0.1, -0.05) is 73.5 Å². The minimum absolute atomic E-state index is 0.0186. The number of nitrogens with zero attached hydrogens (tertiary/aromatic N) is 2. The molecule has 4 atom stereocenters. The van der Waals surface area contributed by atoms with Crippen LogP contribution in [-0.2, 0) is 17.8 Å². The molecule has 192 valence electrons. The standard InChI is InChI=1S/C31H35N3O3/c35-20-25-27-19-34-26(16-15-24(31(34)37)22-11-5-2-6-12-22)29(28(25)30(36)32-23-13-7-8-14-23)33(27)18-17-21-9-3-1-4-10-21/h1-6,9-12,15-16,23,25,27-29,35H,7-8,13-14,17-20H2,(H,32,36)/t25-,27-,28+,29+/m1/s1. The predicted octanol–water partition coefficient (Wildman–Crippen LogP) is 3.78. The highest BCUT2D eigenvalue weighted by Crippen LogP contribution is 2.48. The van der Waals surface area contributed by atoms with Gasteiger partial charge in [-0.05, 0) is 42.5 Å². The Morgan fingerprint density at radius 2 is 1.65 bits per heavy atom. The number of aliphatic hydroxyl groups is 1. The number of nitrogens with one attached hydrogen (secondary N) is 1. The highest BCUT2D eigenvalue weighted by atomic mass is 16.3. The topological polar surface area (TPSA) is 74.6 Å². The van der Waals surface area contributed by atoms with Gasteiger partial charge in [-0.15, -0.1) is 0 Å². The molecule has 3 heterocycles. The SMILES string of the molecule is O=C(NC1CCCC1)[C@H]1[C@H](CO)[C@H]2Cn3c(ccc(-c4ccccc4)c3=O)[C@@H]1N2CCc1ccccc1. The summed E-state index contributed by atoms with van der Waals surface area (Å²) in [6, 6.07) is 24.0. The molecule has 6 heteroatoms. The van der Waals surface area contributed by atoms with Crippen molar-refractivity contribution >= 4 is 5.91 Å². The van der Waals surface area contributed by atoms with Crippen LogP contribution in [0.5, 0.6) is 0 Å². The summed E-state index contributed by atoms with van der Waals surface area (Å²) in [6.07, 6.45) is 5.19. The Morgan fingerprint density at radius 3 is 2.35 bits per heavy atom. The van der Waals surface area contributed by atoms with Crippen molar-refractivity contribution in [1.82, 2.24) is 14.8 Å². The zero-order valence-corrected chi connectivity index (χ0v) is 21.1. The van der Waals surface area contributed by atoms with Crippen LogP contribution in [0.15, 0.2) is 77.6 Å². The molecule has 6 rings (SSSR count). The minimum atomic E-state index is -0.387. The molecule has 2 fully saturated rings. The highest BCUT2D eigenvalue weighted by Gasteiger charge is 2.55. The van der Waals surface area contributed by atoms with Crippen LogP contribution in [0.2, 0.25) is 0 Å². The van der Waals surface area contributed by atoms with Gasteiger partial charge in [-0.3, -0.25) is 14.5 Å². The van der Waals surface area contributed by atoms with E-state index >= 15 is 0 Å². The first-order valence-corrected chi connectivity index (χ1v) is 13.7. The fourth-order valence-corrected chi connectivity index (χ4v) is 6.94. The molecule has 1 aliphatic carbocycles. The lowest BCUT2D eigenvalue weighted by Crippen LogP contribution is -2.47. The van der Waals surface area contributed by atoms with E-state index in [1.54, 1.807) is 0 Å². The molecule has 6 nitrogen and oxygen atoms in total. The van der Waals surface area contributed by atoms with Crippen molar-refractivity contribution in [3.8, 4) is 11.1 Å². The summed E-state index contributed by atoms with van der Waals surface area (Å²) < 4.78 is 1.88. The van der Waals surface area contributed by atoms with Crippen molar-refractivity contribution in [3.63, 3.8) is 0 Å². The van der Waals surface area contributed by atoms with Crippen molar-refractivity contribution in [2.75, 3.05) is 13.2 Å². The fourth-order valence-electron chi connectivity index (χ4n) is 6.94. The van der Waals surface area contributed by atoms with Crippen LogP contribution in [0, 0.1) is 11.8 Å². The van der Waals surface area contributed by atoms with E-state index in [-0.39, 0.29) is 48.0 Å². The van der Waals surface area contributed by atoms with Gasteiger partial charge in [0.15, 0.2) is 0 Å². The molecule has 2 aromatic carbocycles. The van der Waals surface area contributed by atoms with Gasteiger partial charge >= 0.3 is 0 Å². The average molecular weight is 498 g/mol. The summed E-state index contributed by atoms with van der Waals surface area (Å²) in [5.74, 6) is -0.583. The van der Waals surface area contributed by atoms with Gasteiger partial charge in [-0.2, -0.15) is 0 Å². The predicted molar refractivity (Wildman–Crippen MR) is 144 cm³/mol. The van der Waals surface area contributed by atoms with Crippen molar-refractivity contribution in [1.29, 1.82) is 0 Å². The van der Waals surface area contributed by atoms with Gasteiger partial charge in [0.25, 0.3) is 5.56 Å². The molecule has 0 unspecified atom stereocenters. The van der Waals surface area contributed by atoms with Crippen molar-refractivity contribution in [3.05, 3.63) is 94.4 Å². The summed E-state index contributed by atoms with van der Waals surface area (Å²) in [5.41, 5.74) is 3.69. The maximum atomic E-state index is 13.8. The van der Waals surface area contributed by atoms with Crippen LogP contribution < -0.4 is 10.9 Å². The van der Waals surface area contributed by atoms with Crippen LogP contribution in [0.25, 0.3) is 11.1 Å². The van der Waals surface area contributed by atoms with Crippen LogP contribution >= 0.6 is 0 Å². The maximum Gasteiger partial charge on any atom is 0.258 e. The zero-order valence-electron chi connectivity index (χ0n) is 21.1. The largest absolute Gasteiger partial charge is 0.396 e. The van der Waals surface area contributed by atoms with Gasteiger partial charge in [0, 0.05) is 49.0 Å². The van der Waals surface area contributed by atoms with E-state index in [0.29, 0.717) is 12.1 Å². The second-order valence-corrected chi connectivity index (χ2v) is 10.8. The lowest BCUT2D eigenvalue weighted by molar-refractivity contribution is -0.128. The number of aromatic nitrogens is 1. The Hall–Kier alpha value is -3.22. The minimum Gasteiger partial charge on any atom is -0.396 e. The van der Waals surface area contributed by atoms with E-state index in [0.717, 1.165) is 49.9 Å². The molecule has 2 bridgehead atoms. The number of carbonyl (C=O) groups excluding carboxylic acids is 1. The van der Waals surface area contributed by atoms with Crippen LogP contribution in [0.3, 0.4) is 0 Å². The second kappa shape index (κ2) is 10.3. The Balaban J connectivity index is 1.39. The first kappa shape index (κ1) is 24.1. The molecule has 1 amide bonds. The van der Waals surface area contributed by atoms with Gasteiger partial charge < -0.3 is 15.0 Å².